The topological polar surface area (TPSA) is 56.7 Å². The Morgan fingerprint density at radius 1 is 1.25 bits per heavy atom. The van der Waals surface area contributed by atoms with Crippen molar-refractivity contribution in [3.63, 3.8) is 0 Å². The zero-order valence-corrected chi connectivity index (χ0v) is 16.9. The van der Waals surface area contributed by atoms with Gasteiger partial charge < -0.3 is 15.7 Å². The number of nitrogens with one attached hydrogen (secondary N) is 2. The maximum atomic E-state index is 11.0. The fourth-order valence-electron chi connectivity index (χ4n) is 2.98. The maximum Gasteiger partial charge on any atom is 0.191 e. The van der Waals surface area contributed by atoms with Gasteiger partial charge in [0.15, 0.2) is 5.96 Å². The lowest BCUT2D eigenvalue weighted by molar-refractivity contribution is 0.0432. The minimum Gasteiger partial charge on any atom is -0.383 e. The first kappa shape index (κ1) is 19.2. The Bertz CT molecular complexity index is 675. The summed E-state index contributed by atoms with van der Waals surface area (Å²) in [6.07, 6.45) is 1.68. The molecule has 1 heterocycles. The molecule has 3 N–H and O–H groups in total. The van der Waals surface area contributed by atoms with Crippen LogP contribution in [0.4, 0.5) is 0 Å². The molecule has 1 aromatic carbocycles. The van der Waals surface area contributed by atoms with Crippen molar-refractivity contribution >= 4 is 41.3 Å². The number of hydrogen-bond donors (Lipinski definition) is 3. The van der Waals surface area contributed by atoms with E-state index in [4.69, 9.17) is 0 Å². The van der Waals surface area contributed by atoms with Crippen molar-refractivity contribution in [2.24, 2.45) is 4.99 Å². The molecule has 0 aliphatic heterocycles. The molecule has 1 unspecified atom stereocenters. The third-order valence-corrected chi connectivity index (χ3v) is 5.05. The molecule has 3 rings (SSSR count). The van der Waals surface area contributed by atoms with Gasteiger partial charge in [0.1, 0.15) is 5.60 Å². The maximum absolute atomic E-state index is 11.0. The van der Waals surface area contributed by atoms with E-state index in [-0.39, 0.29) is 24.0 Å². The van der Waals surface area contributed by atoms with Gasteiger partial charge in [-0.1, -0.05) is 30.3 Å². The molecular formula is C18H24IN3OS. The molecule has 0 radical (unpaired) electrons. The van der Waals surface area contributed by atoms with Crippen LogP contribution in [-0.2, 0) is 18.6 Å². The van der Waals surface area contributed by atoms with Gasteiger partial charge in [-0.15, -0.1) is 35.3 Å². The van der Waals surface area contributed by atoms with Gasteiger partial charge >= 0.3 is 0 Å². The Hall–Kier alpha value is -1.12. The van der Waals surface area contributed by atoms with Crippen molar-refractivity contribution in [1.82, 2.24) is 10.6 Å². The van der Waals surface area contributed by atoms with E-state index < -0.39 is 5.60 Å². The number of aliphatic hydroxyl groups is 1. The number of benzene rings is 1. The van der Waals surface area contributed by atoms with Crippen LogP contribution in [0, 0.1) is 0 Å². The summed E-state index contributed by atoms with van der Waals surface area (Å²) in [7, 11) is 0. The molecule has 6 heteroatoms. The standard InChI is InChI=1S/C18H23N3OS.HI/c1-2-19-17(20-12-15-7-5-11-23-15)21-13-18(22)10-9-14-6-3-4-8-16(14)18;/h3-8,11,22H,2,9-10,12-13H2,1H3,(H2,19,20,21);1H. The molecule has 130 valence electrons. The third-order valence-electron chi connectivity index (χ3n) is 4.19. The van der Waals surface area contributed by atoms with Gasteiger partial charge in [0.05, 0.1) is 13.1 Å². The SMILES string of the molecule is CCNC(=NCc1cccs1)NCC1(O)CCc2ccccc21.I. The molecule has 0 amide bonds. The van der Waals surface area contributed by atoms with E-state index in [2.05, 4.69) is 33.1 Å². The molecule has 0 fully saturated rings. The fraction of sp³-hybridized carbons (Fsp3) is 0.389. The Balaban J connectivity index is 0.00000208. The van der Waals surface area contributed by atoms with E-state index in [1.807, 2.05) is 31.2 Å². The van der Waals surface area contributed by atoms with Gasteiger partial charge in [-0.2, -0.15) is 0 Å². The summed E-state index contributed by atoms with van der Waals surface area (Å²) in [4.78, 5) is 5.83. The van der Waals surface area contributed by atoms with Crippen LogP contribution in [0.5, 0.6) is 0 Å². The summed E-state index contributed by atoms with van der Waals surface area (Å²) >= 11 is 1.70. The molecule has 1 aromatic heterocycles. The highest BCUT2D eigenvalue weighted by atomic mass is 127. The highest BCUT2D eigenvalue weighted by molar-refractivity contribution is 14.0. The Labute approximate surface area is 164 Å². The van der Waals surface area contributed by atoms with Crippen molar-refractivity contribution in [1.29, 1.82) is 0 Å². The zero-order valence-electron chi connectivity index (χ0n) is 13.8. The largest absolute Gasteiger partial charge is 0.383 e. The first-order valence-corrected chi connectivity index (χ1v) is 8.94. The number of halogens is 1. The van der Waals surface area contributed by atoms with Gasteiger partial charge in [0.2, 0.25) is 0 Å². The Kier molecular flexibility index (Phi) is 7.06. The van der Waals surface area contributed by atoms with E-state index in [1.165, 1.54) is 10.4 Å². The molecule has 1 atom stereocenters. The third kappa shape index (κ3) is 4.49. The van der Waals surface area contributed by atoms with Gasteiger partial charge in [-0.25, -0.2) is 4.99 Å². The highest BCUT2D eigenvalue weighted by Gasteiger charge is 2.36. The van der Waals surface area contributed by atoms with Gasteiger partial charge in [-0.3, -0.25) is 0 Å². The summed E-state index contributed by atoms with van der Waals surface area (Å²) in [5.41, 5.74) is 1.48. The van der Waals surface area contributed by atoms with Crippen molar-refractivity contribution in [2.45, 2.75) is 31.9 Å². The van der Waals surface area contributed by atoms with Crippen LogP contribution in [0.25, 0.3) is 0 Å². The summed E-state index contributed by atoms with van der Waals surface area (Å²) < 4.78 is 0. The molecule has 2 aromatic rings. The van der Waals surface area contributed by atoms with Crippen LogP contribution in [0.3, 0.4) is 0 Å². The lowest BCUT2D eigenvalue weighted by atomic mass is 9.96. The number of guanidine groups is 1. The van der Waals surface area contributed by atoms with Crippen LogP contribution >= 0.6 is 35.3 Å². The minimum absolute atomic E-state index is 0. The predicted octanol–water partition coefficient (Wildman–Crippen LogP) is 3.26. The van der Waals surface area contributed by atoms with E-state index in [0.717, 1.165) is 30.9 Å². The van der Waals surface area contributed by atoms with Gasteiger partial charge in [0.25, 0.3) is 0 Å². The van der Waals surface area contributed by atoms with Crippen LogP contribution in [0.15, 0.2) is 46.8 Å². The Morgan fingerprint density at radius 2 is 2.08 bits per heavy atom. The molecule has 0 spiro atoms. The predicted molar refractivity (Wildman–Crippen MR) is 111 cm³/mol. The Morgan fingerprint density at radius 3 is 2.83 bits per heavy atom. The highest BCUT2D eigenvalue weighted by Crippen LogP contribution is 2.36. The van der Waals surface area contributed by atoms with Crippen molar-refractivity contribution in [3.8, 4) is 0 Å². The van der Waals surface area contributed by atoms with E-state index in [9.17, 15) is 5.11 Å². The monoisotopic (exact) mass is 457 g/mol. The number of aliphatic imine (C=N–C) groups is 1. The second kappa shape index (κ2) is 8.82. The van der Waals surface area contributed by atoms with Gasteiger partial charge in [0, 0.05) is 11.4 Å². The smallest absolute Gasteiger partial charge is 0.191 e. The summed E-state index contributed by atoms with van der Waals surface area (Å²) in [5, 5.41) is 19.6. The number of nitrogens with zero attached hydrogens (tertiary/aromatic N) is 1. The first-order chi connectivity index (χ1) is 11.2. The lowest BCUT2D eigenvalue weighted by Crippen LogP contribution is -2.45. The second-order valence-electron chi connectivity index (χ2n) is 5.82. The van der Waals surface area contributed by atoms with E-state index in [1.54, 1.807) is 11.3 Å². The molecule has 4 nitrogen and oxygen atoms in total. The van der Waals surface area contributed by atoms with Crippen LogP contribution in [-0.4, -0.2) is 24.2 Å². The molecule has 0 bridgehead atoms. The van der Waals surface area contributed by atoms with E-state index in [0.29, 0.717) is 13.1 Å². The van der Waals surface area contributed by atoms with Crippen LogP contribution in [0.2, 0.25) is 0 Å². The molecule has 0 saturated heterocycles. The first-order valence-electron chi connectivity index (χ1n) is 8.06. The summed E-state index contributed by atoms with van der Waals surface area (Å²) in [5.74, 6) is 0.749. The summed E-state index contributed by atoms with van der Waals surface area (Å²) in [6, 6.07) is 12.3. The van der Waals surface area contributed by atoms with Gasteiger partial charge in [-0.05, 0) is 42.3 Å². The quantitative estimate of drug-likeness (QED) is 0.367. The average molecular weight is 457 g/mol. The minimum atomic E-state index is -0.810. The normalized spacial score (nSPS) is 19.5. The molecule has 24 heavy (non-hydrogen) atoms. The number of aryl methyl sites for hydroxylation is 1. The molecule has 1 aliphatic rings. The number of thiophene rings is 1. The summed E-state index contributed by atoms with van der Waals surface area (Å²) in [6.45, 7) is 3.97. The second-order valence-corrected chi connectivity index (χ2v) is 6.85. The van der Waals surface area contributed by atoms with Crippen molar-refractivity contribution in [2.75, 3.05) is 13.1 Å². The zero-order chi connectivity index (χ0) is 16.1. The molecular weight excluding hydrogens is 433 g/mol. The molecule has 1 aliphatic carbocycles. The van der Waals surface area contributed by atoms with E-state index >= 15 is 0 Å². The number of hydrogen-bond acceptors (Lipinski definition) is 3. The average Bonchev–Trinajstić information content (AvgIpc) is 3.20. The number of rotatable bonds is 5. The molecule has 0 saturated carbocycles. The fourth-order valence-corrected chi connectivity index (χ4v) is 3.61. The van der Waals surface area contributed by atoms with Crippen molar-refractivity contribution in [3.05, 3.63) is 57.8 Å². The van der Waals surface area contributed by atoms with Crippen LogP contribution < -0.4 is 10.6 Å². The van der Waals surface area contributed by atoms with Crippen molar-refractivity contribution < 1.29 is 5.11 Å². The lowest BCUT2D eigenvalue weighted by Gasteiger charge is -2.25. The van der Waals surface area contributed by atoms with Crippen LogP contribution in [0.1, 0.15) is 29.3 Å². The number of fused-ring (bicyclic) bond motifs is 1.